The maximum atomic E-state index is 5.54. The van der Waals surface area contributed by atoms with Crippen LogP contribution in [0.3, 0.4) is 0 Å². The van der Waals surface area contributed by atoms with Gasteiger partial charge in [-0.25, -0.2) is 0 Å². The Morgan fingerprint density at radius 3 is 2.74 bits per heavy atom. The van der Waals surface area contributed by atoms with Gasteiger partial charge in [0.25, 0.3) is 0 Å². The van der Waals surface area contributed by atoms with Gasteiger partial charge >= 0.3 is 0 Å². The minimum absolute atomic E-state index is 0.266. The second kappa shape index (κ2) is 10.3. The Hall–Kier alpha value is -1.24. The third kappa shape index (κ3) is 5.87. The number of aliphatic imine (C=N–C) groups is 1. The van der Waals surface area contributed by atoms with Crippen LogP contribution in [0.25, 0.3) is 0 Å². The molecule has 1 atom stereocenters. The molecule has 0 saturated carbocycles. The first-order valence-corrected chi connectivity index (χ1v) is 11.3. The zero-order chi connectivity index (χ0) is 19.0. The summed E-state index contributed by atoms with van der Waals surface area (Å²) in [7, 11) is 1.86. The fraction of sp³-hybridized carbons (Fsp3) is 0.667. The Bertz CT molecular complexity index is 589. The second-order valence-electron chi connectivity index (χ2n) is 7.56. The summed E-state index contributed by atoms with van der Waals surface area (Å²) in [6.07, 6.45) is 6.95. The zero-order valence-corrected chi connectivity index (χ0v) is 17.6. The van der Waals surface area contributed by atoms with E-state index < -0.39 is 0 Å². The maximum absolute atomic E-state index is 5.54. The number of nitrogens with one attached hydrogen (secondary N) is 2. The summed E-state index contributed by atoms with van der Waals surface area (Å²) in [6.45, 7) is 5.84. The van der Waals surface area contributed by atoms with Crippen molar-refractivity contribution in [2.24, 2.45) is 4.99 Å². The normalized spacial score (nSPS) is 23.3. The highest BCUT2D eigenvalue weighted by Crippen LogP contribution is 2.32. The lowest BCUT2D eigenvalue weighted by Crippen LogP contribution is -2.50. The van der Waals surface area contributed by atoms with E-state index in [0.717, 1.165) is 51.6 Å². The van der Waals surface area contributed by atoms with Gasteiger partial charge in [-0.1, -0.05) is 30.3 Å². The minimum Gasteiger partial charge on any atom is -0.381 e. The van der Waals surface area contributed by atoms with Gasteiger partial charge in [0.05, 0.1) is 0 Å². The van der Waals surface area contributed by atoms with E-state index >= 15 is 0 Å². The highest BCUT2D eigenvalue weighted by molar-refractivity contribution is 8.00. The SMILES string of the molecule is CN=C(NCC1CCCN1Cc1ccccc1)NCC1(SC)CCOCC1. The molecular weight excluding hydrogens is 356 g/mol. The van der Waals surface area contributed by atoms with Crippen LogP contribution in [0.2, 0.25) is 0 Å². The van der Waals surface area contributed by atoms with Gasteiger partial charge in [-0.05, 0) is 44.0 Å². The van der Waals surface area contributed by atoms with E-state index in [2.05, 4.69) is 57.1 Å². The molecule has 2 saturated heterocycles. The number of rotatable bonds is 7. The van der Waals surface area contributed by atoms with Crippen LogP contribution in [-0.2, 0) is 11.3 Å². The fourth-order valence-corrected chi connectivity index (χ4v) is 4.82. The summed E-state index contributed by atoms with van der Waals surface area (Å²) in [4.78, 5) is 7.04. The van der Waals surface area contributed by atoms with Gasteiger partial charge in [0.1, 0.15) is 0 Å². The first-order chi connectivity index (χ1) is 13.2. The van der Waals surface area contributed by atoms with Gasteiger partial charge in [0.2, 0.25) is 0 Å². The number of guanidine groups is 1. The molecule has 0 aliphatic carbocycles. The van der Waals surface area contributed by atoms with Gasteiger partial charge in [0.15, 0.2) is 5.96 Å². The van der Waals surface area contributed by atoms with Crippen molar-refractivity contribution >= 4 is 17.7 Å². The lowest BCUT2D eigenvalue weighted by atomic mass is 9.99. The Labute approximate surface area is 168 Å². The van der Waals surface area contributed by atoms with Crippen molar-refractivity contribution < 1.29 is 4.74 Å². The average molecular weight is 391 g/mol. The molecule has 6 heteroatoms. The van der Waals surface area contributed by atoms with Crippen molar-refractivity contribution in [1.29, 1.82) is 0 Å². The molecule has 2 fully saturated rings. The fourth-order valence-electron chi connectivity index (χ4n) is 4.03. The Balaban J connectivity index is 1.47. The largest absolute Gasteiger partial charge is 0.381 e. The van der Waals surface area contributed by atoms with Crippen molar-refractivity contribution in [3.63, 3.8) is 0 Å². The van der Waals surface area contributed by atoms with Crippen molar-refractivity contribution in [1.82, 2.24) is 15.5 Å². The molecule has 0 bridgehead atoms. The van der Waals surface area contributed by atoms with Crippen molar-refractivity contribution in [3.8, 4) is 0 Å². The molecule has 0 spiro atoms. The van der Waals surface area contributed by atoms with Crippen LogP contribution in [-0.4, -0.2) is 67.8 Å². The van der Waals surface area contributed by atoms with Crippen LogP contribution in [0.5, 0.6) is 0 Å². The predicted octanol–water partition coefficient (Wildman–Crippen LogP) is 2.73. The molecule has 1 aromatic rings. The number of ether oxygens (including phenoxy) is 1. The van der Waals surface area contributed by atoms with E-state index in [4.69, 9.17) is 4.74 Å². The van der Waals surface area contributed by atoms with E-state index in [9.17, 15) is 0 Å². The molecular formula is C21H34N4OS. The van der Waals surface area contributed by atoms with Crippen molar-refractivity contribution in [3.05, 3.63) is 35.9 Å². The standard InChI is InChI=1S/C21H34N4OS/c1-22-20(24-17-21(27-2)10-13-26-14-11-21)23-15-19-9-6-12-25(19)16-18-7-4-3-5-8-18/h3-5,7-8,19H,6,9-17H2,1-2H3,(H2,22,23,24). The molecule has 1 aromatic carbocycles. The molecule has 0 aromatic heterocycles. The van der Waals surface area contributed by atoms with Crippen LogP contribution in [0.4, 0.5) is 0 Å². The van der Waals surface area contributed by atoms with Gasteiger partial charge < -0.3 is 15.4 Å². The molecule has 27 heavy (non-hydrogen) atoms. The average Bonchev–Trinajstić information content (AvgIpc) is 3.16. The molecule has 2 aliphatic heterocycles. The van der Waals surface area contributed by atoms with E-state index in [1.54, 1.807) is 0 Å². The first-order valence-electron chi connectivity index (χ1n) is 10.1. The molecule has 0 amide bonds. The number of nitrogens with zero attached hydrogens (tertiary/aromatic N) is 2. The lowest BCUT2D eigenvalue weighted by Gasteiger charge is -2.36. The summed E-state index contributed by atoms with van der Waals surface area (Å²) in [5.41, 5.74) is 1.40. The van der Waals surface area contributed by atoms with E-state index in [0.29, 0.717) is 6.04 Å². The number of hydrogen-bond acceptors (Lipinski definition) is 4. The van der Waals surface area contributed by atoms with Gasteiger partial charge in [0, 0.05) is 50.7 Å². The molecule has 1 unspecified atom stereocenters. The number of benzene rings is 1. The Kier molecular flexibility index (Phi) is 7.85. The van der Waals surface area contributed by atoms with Gasteiger partial charge in [-0.2, -0.15) is 11.8 Å². The number of hydrogen-bond donors (Lipinski definition) is 2. The van der Waals surface area contributed by atoms with E-state index in [-0.39, 0.29) is 4.75 Å². The molecule has 2 heterocycles. The molecule has 5 nitrogen and oxygen atoms in total. The monoisotopic (exact) mass is 390 g/mol. The van der Waals surface area contributed by atoms with Crippen LogP contribution in [0.15, 0.2) is 35.3 Å². The summed E-state index contributed by atoms with van der Waals surface area (Å²) in [5, 5.41) is 7.13. The Morgan fingerprint density at radius 1 is 1.26 bits per heavy atom. The molecule has 2 N–H and O–H groups in total. The van der Waals surface area contributed by atoms with Crippen LogP contribution in [0, 0.1) is 0 Å². The lowest BCUT2D eigenvalue weighted by molar-refractivity contribution is 0.0782. The second-order valence-corrected chi connectivity index (χ2v) is 8.83. The number of thioether (sulfide) groups is 1. The maximum Gasteiger partial charge on any atom is 0.191 e. The number of likely N-dealkylation sites (tertiary alicyclic amines) is 1. The molecule has 3 rings (SSSR count). The first kappa shape index (κ1) is 20.5. The summed E-state index contributed by atoms with van der Waals surface area (Å²) < 4.78 is 5.81. The topological polar surface area (TPSA) is 48.9 Å². The minimum atomic E-state index is 0.266. The van der Waals surface area contributed by atoms with E-state index in [1.165, 1.54) is 24.9 Å². The summed E-state index contributed by atoms with van der Waals surface area (Å²) in [6, 6.07) is 11.4. The van der Waals surface area contributed by atoms with Crippen LogP contribution in [0.1, 0.15) is 31.2 Å². The highest BCUT2D eigenvalue weighted by atomic mass is 32.2. The molecule has 150 valence electrons. The zero-order valence-electron chi connectivity index (χ0n) is 16.7. The third-order valence-corrected chi connectivity index (χ3v) is 7.29. The van der Waals surface area contributed by atoms with Gasteiger partial charge in [-0.3, -0.25) is 9.89 Å². The summed E-state index contributed by atoms with van der Waals surface area (Å²) in [5.74, 6) is 0.918. The van der Waals surface area contributed by atoms with Crippen LogP contribution < -0.4 is 10.6 Å². The molecule has 0 radical (unpaired) electrons. The van der Waals surface area contributed by atoms with E-state index in [1.807, 2.05) is 18.8 Å². The summed E-state index contributed by atoms with van der Waals surface area (Å²) >= 11 is 1.96. The predicted molar refractivity (Wildman–Crippen MR) is 116 cm³/mol. The Morgan fingerprint density at radius 2 is 2.04 bits per heavy atom. The smallest absolute Gasteiger partial charge is 0.191 e. The third-order valence-electron chi connectivity index (χ3n) is 5.87. The van der Waals surface area contributed by atoms with Crippen LogP contribution >= 0.6 is 11.8 Å². The highest BCUT2D eigenvalue weighted by Gasteiger charge is 2.32. The van der Waals surface area contributed by atoms with Crippen molar-refractivity contribution in [2.75, 3.05) is 46.2 Å². The van der Waals surface area contributed by atoms with Gasteiger partial charge in [-0.15, -0.1) is 0 Å². The quantitative estimate of drug-likeness (QED) is 0.554. The van der Waals surface area contributed by atoms with Crippen molar-refractivity contribution in [2.45, 2.75) is 43.0 Å². The molecule has 2 aliphatic rings.